The van der Waals surface area contributed by atoms with Crippen LogP contribution in [0.15, 0.2) is 6.33 Å². The number of aromatic nitrogens is 4. The molecule has 1 amide bonds. The molecule has 1 N–H and O–H groups in total. The summed E-state index contributed by atoms with van der Waals surface area (Å²) in [5, 5.41) is 13.4. The molecule has 9 nitrogen and oxygen atoms in total. The summed E-state index contributed by atoms with van der Waals surface area (Å²) in [6, 6.07) is 0.643. The standard InChI is InChI=1S/C20H26N6O3/c1-11-13(12(2)26-20(23-11)21-10-22-26)3-6-18(27)24-7-14-15(8-24)17-5-4-16(14)25(17)9-19(28)29/h10,14-17H,3-9H2,1-2H3,(H,28,29)/t14-,15+,16-,17+. The maximum Gasteiger partial charge on any atom is 0.317 e. The Labute approximate surface area is 168 Å². The molecule has 29 heavy (non-hydrogen) atoms. The summed E-state index contributed by atoms with van der Waals surface area (Å²) in [6.07, 6.45) is 4.71. The zero-order chi connectivity index (χ0) is 20.3. The van der Waals surface area contributed by atoms with Crippen molar-refractivity contribution in [2.75, 3.05) is 19.6 Å². The van der Waals surface area contributed by atoms with Gasteiger partial charge >= 0.3 is 5.97 Å². The summed E-state index contributed by atoms with van der Waals surface area (Å²) in [6.45, 7) is 5.60. The molecule has 2 aromatic heterocycles. The molecule has 0 radical (unpaired) electrons. The van der Waals surface area contributed by atoms with E-state index in [1.54, 1.807) is 4.52 Å². The Morgan fingerprint density at radius 1 is 1.17 bits per heavy atom. The minimum Gasteiger partial charge on any atom is -0.480 e. The van der Waals surface area contributed by atoms with Gasteiger partial charge in [0.2, 0.25) is 5.91 Å². The molecular formula is C20H26N6O3. The van der Waals surface area contributed by atoms with Gasteiger partial charge in [0.05, 0.1) is 6.54 Å². The third-order valence-corrected chi connectivity index (χ3v) is 7.26. The lowest BCUT2D eigenvalue weighted by molar-refractivity contribution is -0.139. The molecule has 0 saturated carbocycles. The van der Waals surface area contributed by atoms with Gasteiger partial charge in [-0.15, -0.1) is 0 Å². The van der Waals surface area contributed by atoms with Gasteiger partial charge in [-0.05, 0) is 50.5 Å². The molecule has 3 aliphatic heterocycles. The number of hydrogen-bond donors (Lipinski definition) is 1. The fourth-order valence-corrected chi connectivity index (χ4v) is 6.01. The van der Waals surface area contributed by atoms with Gasteiger partial charge in [0, 0.05) is 43.0 Å². The number of fused-ring (bicyclic) bond motifs is 6. The van der Waals surface area contributed by atoms with Crippen LogP contribution in [0.1, 0.15) is 36.2 Å². The van der Waals surface area contributed by atoms with E-state index in [-0.39, 0.29) is 12.5 Å². The summed E-state index contributed by atoms with van der Waals surface area (Å²) in [5.41, 5.74) is 2.94. The first-order chi connectivity index (χ1) is 13.9. The molecule has 9 heteroatoms. The average Bonchev–Trinajstić information content (AvgIpc) is 3.42. The third-order valence-electron chi connectivity index (χ3n) is 7.26. The predicted octanol–water partition coefficient (Wildman–Crippen LogP) is 0.680. The lowest BCUT2D eigenvalue weighted by atomic mass is 9.82. The lowest BCUT2D eigenvalue weighted by Gasteiger charge is -2.25. The van der Waals surface area contributed by atoms with Gasteiger partial charge in [0.1, 0.15) is 6.33 Å². The lowest BCUT2D eigenvalue weighted by Crippen LogP contribution is -2.40. The highest BCUT2D eigenvalue weighted by Gasteiger charge is 2.57. The summed E-state index contributed by atoms with van der Waals surface area (Å²) in [4.78, 5) is 36.9. The zero-order valence-corrected chi connectivity index (χ0v) is 16.8. The maximum atomic E-state index is 12.9. The first-order valence-electron chi connectivity index (χ1n) is 10.3. The molecule has 3 fully saturated rings. The maximum absolute atomic E-state index is 12.9. The van der Waals surface area contributed by atoms with E-state index in [0.29, 0.717) is 42.5 Å². The van der Waals surface area contributed by atoms with Crippen molar-refractivity contribution in [1.29, 1.82) is 0 Å². The SMILES string of the molecule is Cc1nc2ncnn2c(C)c1CCC(=O)N1C[C@@H]2[C@H](C1)[C@@H]1CC[C@H]2N1CC(=O)O. The molecule has 4 atom stereocenters. The number of carbonyl (C=O) groups is 2. The number of aryl methyl sites for hydroxylation is 2. The molecule has 2 bridgehead atoms. The van der Waals surface area contributed by atoms with Crippen LogP contribution in [0.5, 0.6) is 0 Å². The Hall–Kier alpha value is -2.55. The Morgan fingerprint density at radius 3 is 2.52 bits per heavy atom. The van der Waals surface area contributed by atoms with Gasteiger partial charge in [0.15, 0.2) is 0 Å². The molecule has 154 valence electrons. The number of carbonyl (C=O) groups excluding carboxylic acids is 1. The minimum absolute atomic E-state index is 0.132. The molecule has 5 rings (SSSR count). The van der Waals surface area contributed by atoms with Crippen LogP contribution in [0.3, 0.4) is 0 Å². The van der Waals surface area contributed by atoms with E-state index in [0.717, 1.165) is 42.9 Å². The highest BCUT2D eigenvalue weighted by Crippen LogP contribution is 2.49. The number of carboxylic acids is 1. The van der Waals surface area contributed by atoms with E-state index in [9.17, 15) is 14.7 Å². The third kappa shape index (κ3) is 2.90. The highest BCUT2D eigenvalue weighted by molar-refractivity contribution is 5.77. The largest absolute Gasteiger partial charge is 0.480 e. The topological polar surface area (TPSA) is 104 Å². The zero-order valence-electron chi connectivity index (χ0n) is 16.8. The van der Waals surface area contributed by atoms with Gasteiger partial charge in [-0.1, -0.05) is 0 Å². The fraction of sp³-hybridized carbons (Fsp3) is 0.650. The van der Waals surface area contributed by atoms with Crippen LogP contribution in [0.4, 0.5) is 0 Å². The first-order valence-corrected chi connectivity index (χ1v) is 10.3. The summed E-state index contributed by atoms with van der Waals surface area (Å²) in [5.74, 6) is 0.866. The molecule has 0 unspecified atom stereocenters. The molecule has 0 aromatic carbocycles. The van der Waals surface area contributed by atoms with Crippen molar-refractivity contribution in [2.45, 2.75) is 51.6 Å². The van der Waals surface area contributed by atoms with Gasteiger partial charge < -0.3 is 10.0 Å². The molecule has 0 aliphatic carbocycles. The molecule has 3 saturated heterocycles. The van der Waals surface area contributed by atoms with Gasteiger partial charge in [-0.25, -0.2) is 9.50 Å². The van der Waals surface area contributed by atoms with Crippen LogP contribution in [0.25, 0.3) is 5.78 Å². The van der Waals surface area contributed by atoms with E-state index in [1.807, 2.05) is 18.7 Å². The van der Waals surface area contributed by atoms with Crippen LogP contribution in [-0.2, 0) is 16.0 Å². The van der Waals surface area contributed by atoms with Crippen molar-refractivity contribution in [2.24, 2.45) is 11.8 Å². The smallest absolute Gasteiger partial charge is 0.317 e. The minimum atomic E-state index is -0.751. The van der Waals surface area contributed by atoms with Gasteiger partial charge in [-0.2, -0.15) is 10.1 Å². The fourth-order valence-electron chi connectivity index (χ4n) is 6.01. The molecule has 2 aromatic rings. The Kier molecular flexibility index (Phi) is 4.31. The van der Waals surface area contributed by atoms with Crippen molar-refractivity contribution in [3.63, 3.8) is 0 Å². The van der Waals surface area contributed by atoms with Gasteiger partial charge in [-0.3, -0.25) is 14.5 Å². The Bertz CT molecular complexity index is 968. The average molecular weight is 398 g/mol. The van der Waals surface area contributed by atoms with Crippen LogP contribution in [0.2, 0.25) is 0 Å². The van der Waals surface area contributed by atoms with E-state index in [2.05, 4.69) is 20.0 Å². The van der Waals surface area contributed by atoms with E-state index in [1.165, 1.54) is 6.33 Å². The molecule has 0 spiro atoms. The molecular weight excluding hydrogens is 372 g/mol. The molecule has 3 aliphatic rings. The monoisotopic (exact) mass is 398 g/mol. The second-order valence-corrected chi connectivity index (χ2v) is 8.64. The van der Waals surface area contributed by atoms with E-state index >= 15 is 0 Å². The van der Waals surface area contributed by atoms with Gasteiger partial charge in [0.25, 0.3) is 5.78 Å². The number of carboxylic acid groups (broad SMARTS) is 1. The molecule has 5 heterocycles. The normalized spacial score (nSPS) is 28.4. The van der Waals surface area contributed by atoms with Crippen molar-refractivity contribution < 1.29 is 14.7 Å². The highest BCUT2D eigenvalue weighted by atomic mass is 16.4. The Morgan fingerprint density at radius 2 is 1.86 bits per heavy atom. The van der Waals surface area contributed by atoms with Crippen LogP contribution in [0, 0.1) is 25.7 Å². The van der Waals surface area contributed by atoms with Crippen LogP contribution in [-0.4, -0.2) is 78.1 Å². The quantitative estimate of drug-likeness (QED) is 0.790. The number of rotatable bonds is 5. The van der Waals surface area contributed by atoms with Crippen molar-refractivity contribution in [3.8, 4) is 0 Å². The summed E-state index contributed by atoms with van der Waals surface area (Å²) >= 11 is 0. The number of amides is 1. The van der Waals surface area contributed by atoms with Crippen molar-refractivity contribution in [3.05, 3.63) is 23.3 Å². The van der Waals surface area contributed by atoms with Crippen LogP contribution < -0.4 is 0 Å². The van der Waals surface area contributed by atoms with Crippen molar-refractivity contribution >= 4 is 17.7 Å². The number of nitrogens with zero attached hydrogens (tertiary/aromatic N) is 6. The number of hydrogen-bond acceptors (Lipinski definition) is 6. The predicted molar refractivity (Wildman–Crippen MR) is 103 cm³/mol. The summed E-state index contributed by atoms with van der Waals surface area (Å²) < 4.78 is 1.72. The number of likely N-dealkylation sites (tertiary alicyclic amines) is 1. The van der Waals surface area contributed by atoms with Crippen LogP contribution >= 0.6 is 0 Å². The van der Waals surface area contributed by atoms with E-state index in [4.69, 9.17) is 0 Å². The summed E-state index contributed by atoms with van der Waals surface area (Å²) in [7, 11) is 0. The van der Waals surface area contributed by atoms with Crippen molar-refractivity contribution in [1.82, 2.24) is 29.4 Å². The van der Waals surface area contributed by atoms with E-state index < -0.39 is 5.97 Å². The second-order valence-electron chi connectivity index (χ2n) is 8.64. The number of aliphatic carboxylic acids is 1. The second kappa shape index (κ2) is 6.76. The first kappa shape index (κ1) is 18.5. The Balaban J connectivity index is 1.24.